The van der Waals surface area contributed by atoms with Crippen LogP contribution in [0.2, 0.25) is 0 Å². The molecule has 0 saturated carbocycles. The van der Waals surface area contributed by atoms with Gasteiger partial charge in [0.2, 0.25) is 0 Å². The van der Waals surface area contributed by atoms with Crippen LogP contribution < -0.4 is 0 Å². The van der Waals surface area contributed by atoms with Gasteiger partial charge in [-0.3, -0.25) is 4.79 Å². The summed E-state index contributed by atoms with van der Waals surface area (Å²) in [7, 11) is 0. The van der Waals surface area contributed by atoms with Gasteiger partial charge in [0.1, 0.15) is 12.0 Å². The molecule has 210 valence electrons. The van der Waals surface area contributed by atoms with Crippen molar-refractivity contribution in [2.45, 2.75) is 35.1 Å². The van der Waals surface area contributed by atoms with Crippen LogP contribution >= 0.6 is 22.6 Å². The van der Waals surface area contributed by atoms with E-state index in [0.717, 1.165) is 28.8 Å². The molecule has 4 aromatic carbocycles. The Hall–Kier alpha value is -4.53. The van der Waals surface area contributed by atoms with Crippen LogP contribution in [0, 0.1) is 27.2 Å². The molecule has 0 fully saturated rings. The minimum Gasteiger partial charge on any atom is -0.298 e. The van der Waals surface area contributed by atoms with Gasteiger partial charge in [0.15, 0.2) is 0 Å². The number of rotatable bonds is 3. The van der Waals surface area contributed by atoms with Crippen LogP contribution in [0.25, 0.3) is 16.9 Å². The largest absolute Gasteiger partial charge is 0.298 e. The standard InChI is InChI=1S/C15H11N3O.C9H5N.C6H5I.2C2H6.CH4/c19-11-12-6-8-13(9-7-12)15-10-18(17-16-15)14-4-2-1-3-5-14;1-2-8-3-5-9(7-10)6-4-8;7-6-4-2-1-3-5-6;2*1-2;/h1-11H;1,3-6H;1-5H;2*1-2H3;1H4. The van der Waals surface area contributed by atoms with Crippen LogP contribution in [0.1, 0.15) is 56.6 Å². The predicted molar refractivity (Wildman–Crippen MR) is 180 cm³/mol. The topological polar surface area (TPSA) is 71.6 Å². The van der Waals surface area contributed by atoms with Gasteiger partial charge in [0.05, 0.1) is 23.5 Å². The second-order valence-corrected chi connectivity index (χ2v) is 8.50. The van der Waals surface area contributed by atoms with Gasteiger partial charge in [-0.25, -0.2) is 4.68 Å². The average Bonchev–Trinajstić information content (AvgIpc) is 3.55. The number of hydrogen-bond acceptors (Lipinski definition) is 4. The third-order valence-corrected chi connectivity index (χ3v) is 5.49. The van der Waals surface area contributed by atoms with E-state index in [1.54, 1.807) is 41.1 Å². The van der Waals surface area contributed by atoms with Gasteiger partial charge in [-0.15, -0.1) is 11.5 Å². The van der Waals surface area contributed by atoms with E-state index in [0.29, 0.717) is 11.1 Å². The zero-order chi connectivity index (χ0) is 29.6. The number of terminal acetylenes is 1. The summed E-state index contributed by atoms with van der Waals surface area (Å²) in [6.07, 6.45) is 7.80. The van der Waals surface area contributed by atoms with Gasteiger partial charge in [-0.2, -0.15) is 5.26 Å². The summed E-state index contributed by atoms with van der Waals surface area (Å²) in [6.45, 7) is 8.00. The number of nitrogens with zero attached hydrogens (tertiary/aromatic N) is 4. The Kier molecular flexibility index (Phi) is 19.8. The molecule has 0 radical (unpaired) electrons. The van der Waals surface area contributed by atoms with Crippen LogP contribution in [0.15, 0.2) is 115 Å². The van der Waals surface area contributed by atoms with Crippen LogP contribution in [0.5, 0.6) is 0 Å². The molecule has 0 atom stereocenters. The number of aromatic nitrogens is 3. The highest BCUT2D eigenvalue weighted by Crippen LogP contribution is 2.18. The molecule has 0 aliphatic rings. The number of nitriles is 1. The molecule has 5 nitrogen and oxygen atoms in total. The van der Waals surface area contributed by atoms with Crippen LogP contribution in [0.3, 0.4) is 0 Å². The smallest absolute Gasteiger partial charge is 0.150 e. The summed E-state index contributed by atoms with van der Waals surface area (Å²) in [5, 5.41) is 16.6. The predicted octanol–water partition coefficient (Wildman–Crippen LogP) is 9.27. The fourth-order valence-electron chi connectivity index (χ4n) is 2.89. The van der Waals surface area contributed by atoms with Crippen LogP contribution in [-0.2, 0) is 0 Å². The number of benzene rings is 4. The van der Waals surface area contributed by atoms with E-state index in [1.807, 2.05) is 101 Å². The molecular formula is C35H37IN4O. The monoisotopic (exact) mass is 656 g/mol. The number of para-hydroxylation sites is 1. The maximum absolute atomic E-state index is 10.6. The SMILES string of the molecule is C.C#Cc1ccc(C#N)cc1.CC.CC.Ic1ccccc1.O=Cc1ccc(-c2cn(-c3ccccc3)nn2)cc1. The normalized spacial score (nSPS) is 8.46. The van der Waals surface area contributed by atoms with E-state index < -0.39 is 0 Å². The molecule has 0 saturated heterocycles. The first-order chi connectivity index (χ1) is 19.6. The average molecular weight is 657 g/mol. The third kappa shape index (κ3) is 13.4. The zero-order valence-corrected chi connectivity index (χ0v) is 25.4. The van der Waals surface area contributed by atoms with Crippen molar-refractivity contribution < 1.29 is 4.79 Å². The van der Waals surface area contributed by atoms with E-state index in [-0.39, 0.29) is 7.43 Å². The first-order valence-electron chi connectivity index (χ1n) is 12.8. The quantitative estimate of drug-likeness (QED) is 0.110. The third-order valence-electron chi connectivity index (χ3n) is 4.77. The molecule has 6 heteroatoms. The molecule has 0 spiro atoms. The number of aldehydes is 1. The summed E-state index contributed by atoms with van der Waals surface area (Å²) in [5.74, 6) is 2.47. The minimum absolute atomic E-state index is 0. The van der Waals surface area contributed by atoms with E-state index in [2.05, 4.69) is 51.0 Å². The Morgan fingerprint density at radius 1 is 0.780 bits per heavy atom. The molecule has 5 rings (SSSR count). The molecule has 5 aromatic rings. The van der Waals surface area contributed by atoms with Crippen molar-refractivity contribution in [3.05, 3.63) is 136 Å². The van der Waals surface area contributed by atoms with Crippen LogP contribution in [0.4, 0.5) is 0 Å². The summed E-state index contributed by atoms with van der Waals surface area (Å²) in [5.41, 5.74) is 4.78. The fourth-order valence-corrected chi connectivity index (χ4v) is 3.31. The molecule has 1 aromatic heterocycles. The highest BCUT2D eigenvalue weighted by Gasteiger charge is 2.05. The number of halogens is 1. The van der Waals surface area contributed by atoms with Gasteiger partial charge in [0.25, 0.3) is 0 Å². The Morgan fingerprint density at radius 2 is 1.29 bits per heavy atom. The minimum atomic E-state index is 0. The van der Waals surface area contributed by atoms with Gasteiger partial charge < -0.3 is 0 Å². The maximum atomic E-state index is 10.6. The molecule has 0 aliphatic heterocycles. The van der Waals surface area contributed by atoms with Gasteiger partial charge in [-0.05, 0) is 71.1 Å². The zero-order valence-electron chi connectivity index (χ0n) is 23.2. The van der Waals surface area contributed by atoms with Crippen molar-refractivity contribution in [1.82, 2.24) is 15.0 Å². The van der Waals surface area contributed by atoms with Crippen molar-refractivity contribution in [3.8, 4) is 35.4 Å². The van der Waals surface area contributed by atoms with Gasteiger partial charge >= 0.3 is 0 Å². The fraction of sp³-hybridized carbons (Fsp3) is 0.143. The second-order valence-electron chi connectivity index (χ2n) is 7.25. The first kappa shape index (κ1) is 36.5. The lowest BCUT2D eigenvalue weighted by Crippen LogP contribution is -1.93. The second kappa shape index (κ2) is 22.3. The van der Waals surface area contributed by atoms with Crippen molar-refractivity contribution in [2.24, 2.45) is 0 Å². The van der Waals surface area contributed by atoms with Crippen molar-refractivity contribution in [2.75, 3.05) is 0 Å². The number of hydrogen-bond donors (Lipinski definition) is 0. The summed E-state index contributed by atoms with van der Waals surface area (Å²) < 4.78 is 3.02. The molecule has 0 bridgehead atoms. The first-order valence-corrected chi connectivity index (χ1v) is 13.9. The van der Waals surface area contributed by atoms with E-state index in [1.165, 1.54) is 3.57 Å². The van der Waals surface area contributed by atoms with Crippen molar-refractivity contribution in [3.63, 3.8) is 0 Å². The lowest BCUT2D eigenvalue weighted by atomic mass is 10.1. The Labute approximate surface area is 259 Å². The Bertz CT molecular complexity index is 1420. The van der Waals surface area contributed by atoms with E-state index >= 15 is 0 Å². The highest BCUT2D eigenvalue weighted by molar-refractivity contribution is 14.1. The van der Waals surface area contributed by atoms with E-state index in [4.69, 9.17) is 11.7 Å². The van der Waals surface area contributed by atoms with Gasteiger partial charge in [0, 0.05) is 20.3 Å². The summed E-state index contributed by atoms with van der Waals surface area (Å²) in [6, 6.07) is 36.2. The molecule has 0 unspecified atom stereocenters. The number of carbonyl (C=O) groups excluding carboxylic acids is 1. The summed E-state index contributed by atoms with van der Waals surface area (Å²) >= 11 is 2.28. The molecule has 0 N–H and O–H groups in total. The maximum Gasteiger partial charge on any atom is 0.150 e. The lowest BCUT2D eigenvalue weighted by Gasteiger charge is -1.98. The lowest BCUT2D eigenvalue weighted by molar-refractivity contribution is 0.112. The molecule has 0 aliphatic carbocycles. The summed E-state index contributed by atoms with van der Waals surface area (Å²) in [4.78, 5) is 10.6. The number of carbonyl (C=O) groups is 1. The van der Waals surface area contributed by atoms with E-state index in [9.17, 15) is 4.79 Å². The van der Waals surface area contributed by atoms with Crippen molar-refractivity contribution >= 4 is 28.9 Å². The van der Waals surface area contributed by atoms with Gasteiger partial charge in [-0.1, -0.05) is 107 Å². The molecule has 1 heterocycles. The molecule has 0 amide bonds. The molecule has 41 heavy (non-hydrogen) atoms. The van der Waals surface area contributed by atoms with Crippen molar-refractivity contribution in [1.29, 1.82) is 5.26 Å². The highest BCUT2D eigenvalue weighted by atomic mass is 127. The Morgan fingerprint density at radius 3 is 1.73 bits per heavy atom. The van der Waals surface area contributed by atoms with Crippen LogP contribution in [-0.4, -0.2) is 21.3 Å². The Balaban J connectivity index is 0.000000614. The molecular weight excluding hydrogens is 619 g/mol.